The van der Waals surface area contributed by atoms with Crippen LogP contribution in [0.1, 0.15) is 27.2 Å². The van der Waals surface area contributed by atoms with E-state index in [4.69, 9.17) is 14.5 Å². The maximum absolute atomic E-state index is 13.9. The normalized spacial score (nSPS) is 12.6. The molecule has 1 aliphatic rings. The van der Waals surface area contributed by atoms with Gasteiger partial charge in [-0.05, 0) is 49.1 Å². The number of carbonyl (C=O) groups excluding carboxylic acids is 1. The molecule has 0 fully saturated rings. The van der Waals surface area contributed by atoms with Crippen molar-refractivity contribution in [2.45, 2.75) is 33.4 Å². The number of aromatic nitrogens is 5. The summed E-state index contributed by atoms with van der Waals surface area (Å²) in [5.74, 6) is 0.196. The molecule has 2 aromatic carbocycles. The molecule has 0 atom stereocenters. The van der Waals surface area contributed by atoms with Gasteiger partial charge >= 0.3 is 5.69 Å². The van der Waals surface area contributed by atoms with E-state index in [1.165, 1.54) is 11.7 Å². The summed E-state index contributed by atoms with van der Waals surface area (Å²) in [6.45, 7) is 4.69. The second-order valence-corrected chi connectivity index (χ2v) is 9.58. The minimum atomic E-state index is -0.549. The van der Waals surface area contributed by atoms with Crippen molar-refractivity contribution in [3.63, 3.8) is 0 Å². The van der Waals surface area contributed by atoms with E-state index < -0.39 is 11.8 Å². The number of benzene rings is 2. The fourth-order valence-corrected chi connectivity index (χ4v) is 5.02. The first-order valence-electron chi connectivity index (χ1n) is 12.8. The Morgan fingerprint density at radius 3 is 2.48 bits per heavy atom. The van der Waals surface area contributed by atoms with Crippen LogP contribution in [-0.4, -0.2) is 55.9 Å². The monoisotopic (exact) mass is 545 g/mol. The number of rotatable bonds is 7. The Morgan fingerprint density at radius 2 is 1.82 bits per heavy atom. The first-order valence-corrected chi connectivity index (χ1v) is 12.8. The van der Waals surface area contributed by atoms with Gasteiger partial charge in [-0.3, -0.25) is 13.9 Å². The molecule has 2 N–H and O–H groups in total. The second-order valence-electron chi connectivity index (χ2n) is 9.58. The van der Waals surface area contributed by atoms with Gasteiger partial charge in [-0.15, -0.1) is 0 Å². The summed E-state index contributed by atoms with van der Waals surface area (Å²) in [5.41, 5.74) is 5.52. The molecule has 1 aliphatic heterocycles. The van der Waals surface area contributed by atoms with Crippen molar-refractivity contribution in [1.82, 2.24) is 29.4 Å². The number of aromatic hydroxyl groups is 1. The van der Waals surface area contributed by atoms with Crippen LogP contribution in [0.2, 0.25) is 0 Å². The summed E-state index contributed by atoms with van der Waals surface area (Å²) in [4.78, 5) is 31.5. The van der Waals surface area contributed by atoms with Crippen LogP contribution in [0.25, 0.3) is 11.3 Å². The molecule has 40 heavy (non-hydrogen) atoms. The molecule has 4 aromatic rings. The smallest absolute Gasteiger partial charge is 0.330 e. The molecule has 0 radical (unpaired) electrons. The standard InChI is InChI=1S/C28H31N7O5/c1-16-7-6-8-17(2)24(16)30-23-15-20-19-14-22(40-5)21(39-4)13-18(19)9-11-34(20)28(38)35(23)12-10-29-26(36)25-27(37)31-32-33(25)3/h6-8,13-15,37H,9-12H2,1-5H3,(H,29,36)/b30-23+. The van der Waals surface area contributed by atoms with Crippen molar-refractivity contribution >= 4 is 11.6 Å². The molecular weight excluding hydrogens is 514 g/mol. The number of hydrogen-bond acceptors (Lipinski definition) is 8. The van der Waals surface area contributed by atoms with Crippen LogP contribution >= 0.6 is 0 Å². The molecule has 3 heterocycles. The third-order valence-corrected chi connectivity index (χ3v) is 7.10. The minimum absolute atomic E-state index is 0.0615. The number of aryl methyl sites for hydroxylation is 4. The highest BCUT2D eigenvalue weighted by Gasteiger charge is 2.23. The number of para-hydroxylation sites is 1. The van der Waals surface area contributed by atoms with Crippen LogP contribution in [0.4, 0.5) is 5.69 Å². The lowest BCUT2D eigenvalue weighted by atomic mass is 9.97. The third kappa shape index (κ3) is 4.72. The largest absolute Gasteiger partial charge is 0.493 e. The van der Waals surface area contributed by atoms with Crippen molar-refractivity contribution in [2.75, 3.05) is 20.8 Å². The molecule has 2 aromatic heterocycles. The molecule has 0 saturated heterocycles. The van der Waals surface area contributed by atoms with Gasteiger partial charge in [0.2, 0.25) is 0 Å². The summed E-state index contributed by atoms with van der Waals surface area (Å²) < 4.78 is 15.5. The lowest BCUT2D eigenvalue weighted by Crippen LogP contribution is -2.44. The zero-order chi connectivity index (χ0) is 28.6. The molecule has 12 nitrogen and oxygen atoms in total. The van der Waals surface area contributed by atoms with E-state index in [-0.39, 0.29) is 24.5 Å². The predicted octanol–water partition coefficient (Wildman–Crippen LogP) is 2.00. The number of ether oxygens (including phenoxy) is 2. The molecule has 0 spiro atoms. The first-order chi connectivity index (χ1) is 19.2. The fraction of sp³-hybridized carbons (Fsp3) is 0.321. The zero-order valence-corrected chi connectivity index (χ0v) is 23.1. The SMILES string of the molecule is COc1cc2c(cc1OC)-c1c/c(=N\c3c(C)cccc3C)n(CCNC(=O)c3c(O)nnn3C)c(=O)n1CC2. The van der Waals surface area contributed by atoms with Gasteiger partial charge in [0.1, 0.15) is 5.49 Å². The van der Waals surface area contributed by atoms with Crippen molar-refractivity contribution in [2.24, 2.45) is 12.0 Å². The molecule has 1 amide bonds. The average Bonchev–Trinajstić information content (AvgIpc) is 3.28. The Morgan fingerprint density at radius 1 is 1.12 bits per heavy atom. The number of amides is 1. The lowest BCUT2D eigenvalue weighted by molar-refractivity contribution is 0.0939. The molecule has 208 valence electrons. The topological polar surface area (TPSA) is 138 Å². The predicted molar refractivity (Wildman–Crippen MR) is 147 cm³/mol. The van der Waals surface area contributed by atoms with Crippen LogP contribution in [0.15, 0.2) is 46.2 Å². The van der Waals surface area contributed by atoms with E-state index in [9.17, 15) is 14.7 Å². The second kappa shape index (κ2) is 10.7. The van der Waals surface area contributed by atoms with Gasteiger partial charge < -0.3 is 19.9 Å². The van der Waals surface area contributed by atoms with Crippen LogP contribution in [0, 0.1) is 13.8 Å². The highest BCUT2D eigenvalue weighted by Crippen LogP contribution is 2.37. The van der Waals surface area contributed by atoms with Gasteiger partial charge in [-0.25, -0.2) is 14.5 Å². The van der Waals surface area contributed by atoms with E-state index in [0.717, 1.165) is 33.6 Å². The Bertz CT molecular complexity index is 1710. The number of hydrogen-bond donors (Lipinski definition) is 2. The number of nitrogens with one attached hydrogen (secondary N) is 1. The Hall–Kier alpha value is -4.87. The molecule has 12 heteroatoms. The number of fused-ring (bicyclic) bond motifs is 3. The van der Waals surface area contributed by atoms with Gasteiger partial charge in [-0.2, -0.15) is 0 Å². The van der Waals surface area contributed by atoms with Crippen LogP contribution < -0.4 is 26.0 Å². The number of nitrogens with zero attached hydrogens (tertiary/aromatic N) is 6. The van der Waals surface area contributed by atoms with E-state index in [1.807, 2.05) is 50.2 Å². The van der Waals surface area contributed by atoms with Gasteiger partial charge in [0.05, 0.1) is 25.6 Å². The quantitative estimate of drug-likeness (QED) is 0.362. The molecule has 0 aliphatic carbocycles. The van der Waals surface area contributed by atoms with E-state index in [1.54, 1.807) is 23.4 Å². The van der Waals surface area contributed by atoms with E-state index in [2.05, 4.69) is 15.6 Å². The Balaban J connectivity index is 1.62. The van der Waals surface area contributed by atoms with E-state index >= 15 is 0 Å². The first kappa shape index (κ1) is 26.7. The number of methoxy groups -OCH3 is 2. The van der Waals surface area contributed by atoms with Crippen molar-refractivity contribution in [1.29, 1.82) is 0 Å². The van der Waals surface area contributed by atoms with Gasteiger partial charge in [0.25, 0.3) is 11.8 Å². The highest BCUT2D eigenvalue weighted by molar-refractivity contribution is 5.94. The van der Waals surface area contributed by atoms with Gasteiger partial charge in [0.15, 0.2) is 17.2 Å². The van der Waals surface area contributed by atoms with Crippen LogP contribution in [0.3, 0.4) is 0 Å². The average molecular weight is 546 g/mol. The van der Waals surface area contributed by atoms with Crippen LogP contribution in [-0.2, 0) is 26.6 Å². The molecule has 0 unspecified atom stereocenters. The highest BCUT2D eigenvalue weighted by atomic mass is 16.5. The van der Waals surface area contributed by atoms with Crippen molar-refractivity contribution in [3.8, 4) is 28.6 Å². The summed E-state index contributed by atoms with van der Waals surface area (Å²) in [6, 6.07) is 11.7. The van der Waals surface area contributed by atoms with Gasteiger partial charge in [0, 0.05) is 38.3 Å². The molecule has 0 bridgehead atoms. The van der Waals surface area contributed by atoms with E-state index in [0.29, 0.717) is 30.0 Å². The van der Waals surface area contributed by atoms with Crippen molar-refractivity contribution in [3.05, 3.63) is 74.8 Å². The lowest BCUT2D eigenvalue weighted by Gasteiger charge is -2.24. The maximum Gasteiger partial charge on any atom is 0.330 e. The summed E-state index contributed by atoms with van der Waals surface area (Å²) in [5, 5.41) is 19.8. The number of carbonyl (C=O) groups is 1. The molecule has 0 saturated carbocycles. The molecular formula is C28H31N7O5. The Labute approximate surface area is 230 Å². The maximum atomic E-state index is 13.9. The van der Waals surface area contributed by atoms with Crippen LogP contribution in [0.5, 0.6) is 17.4 Å². The summed E-state index contributed by atoms with van der Waals surface area (Å²) in [7, 11) is 4.69. The molecule has 5 rings (SSSR count). The third-order valence-electron chi connectivity index (χ3n) is 7.10. The minimum Gasteiger partial charge on any atom is -0.493 e. The Kier molecular flexibility index (Phi) is 7.16. The summed E-state index contributed by atoms with van der Waals surface area (Å²) in [6.07, 6.45) is 0.638. The van der Waals surface area contributed by atoms with Gasteiger partial charge in [-0.1, -0.05) is 28.5 Å². The van der Waals surface area contributed by atoms with Crippen molar-refractivity contribution < 1.29 is 19.4 Å². The fourth-order valence-electron chi connectivity index (χ4n) is 5.02. The summed E-state index contributed by atoms with van der Waals surface area (Å²) >= 11 is 0. The zero-order valence-electron chi connectivity index (χ0n) is 23.1.